The lowest BCUT2D eigenvalue weighted by Crippen LogP contribution is -2.53. The van der Waals surface area contributed by atoms with Gasteiger partial charge in [0.15, 0.2) is 12.5 Å². The summed E-state index contributed by atoms with van der Waals surface area (Å²) in [5.41, 5.74) is 15.6. The third kappa shape index (κ3) is 12.5. The second-order valence-corrected chi connectivity index (χ2v) is 18.2. The van der Waals surface area contributed by atoms with Crippen LogP contribution in [0.1, 0.15) is 177 Å². The minimum absolute atomic E-state index is 0.0745. The zero-order valence-electron chi connectivity index (χ0n) is 38.9. The molecule has 4 aromatic rings. The Morgan fingerprint density at radius 2 is 0.885 bits per heavy atom. The number of hydrogen-bond acceptors (Lipinski definition) is 4. The van der Waals surface area contributed by atoms with Crippen LogP contribution in [0.3, 0.4) is 0 Å². The quantitative estimate of drug-likeness (QED) is 0.0654. The van der Waals surface area contributed by atoms with Gasteiger partial charge in [0.25, 0.3) is 0 Å². The van der Waals surface area contributed by atoms with Gasteiger partial charge in [0.05, 0.1) is 11.4 Å². The summed E-state index contributed by atoms with van der Waals surface area (Å²) in [6, 6.07) is 32.5. The maximum atomic E-state index is 6.64. The predicted molar refractivity (Wildman–Crippen MR) is 262 cm³/mol. The monoisotopic (exact) mass is 823 g/mol. The zero-order valence-corrected chi connectivity index (χ0v) is 38.9. The number of fused-ring (bicyclic) bond motifs is 3. The summed E-state index contributed by atoms with van der Waals surface area (Å²) in [5.74, 6) is 0. The molecule has 2 N–H and O–H groups in total. The van der Waals surface area contributed by atoms with Gasteiger partial charge in [0.1, 0.15) is 0 Å². The summed E-state index contributed by atoms with van der Waals surface area (Å²) in [4.78, 5) is 0. The summed E-state index contributed by atoms with van der Waals surface area (Å²) in [7, 11) is 0. The van der Waals surface area contributed by atoms with E-state index in [0.717, 1.165) is 35.4 Å². The molecule has 0 radical (unpaired) electrons. The van der Waals surface area contributed by atoms with Crippen LogP contribution in [0.5, 0.6) is 0 Å². The summed E-state index contributed by atoms with van der Waals surface area (Å²) in [6.45, 7) is 15.0. The van der Waals surface area contributed by atoms with Crippen molar-refractivity contribution in [2.45, 2.75) is 175 Å². The first-order chi connectivity index (χ1) is 29.9. The van der Waals surface area contributed by atoms with E-state index in [0.29, 0.717) is 13.2 Å². The fourth-order valence-electron chi connectivity index (χ4n) is 9.52. The average Bonchev–Trinajstić information content (AvgIpc) is 3.53. The molecule has 2 unspecified atom stereocenters. The first kappa shape index (κ1) is 46.4. The Labute approximate surface area is 371 Å². The van der Waals surface area contributed by atoms with Crippen molar-refractivity contribution in [3.05, 3.63) is 130 Å². The molecule has 1 aliphatic carbocycles. The molecule has 2 aliphatic rings. The summed E-state index contributed by atoms with van der Waals surface area (Å²) < 4.78 is 13.2. The molecule has 0 amide bonds. The molecule has 1 fully saturated rings. The highest BCUT2D eigenvalue weighted by Crippen LogP contribution is 2.55. The molecule has 328 valence electrons. The average molecular weight is 823 g/mol. The highest BCUT2D eigenvalue weighted by molar-refractivity contribution is 5.84. The predicted octanol–water partition coefficient (Wildman–Crippen LogP) is 15.6. The Hall–Kier alpha value is -4.12. The molecule has 4 aromatic carbocycles. The molecular formula is C57H78N2O2. The Kier molecular flexibility index (Phi) is 18.2. The molecular weight excluding hydrogens is 745 g/mol. The van der Waals surface area contributed by atoms with Crippen molar-refractivity contribution >= 4 is 12.2 Å². The number of unbranched alkanes of at least 4 members (excludes halogenated alkanes) is 12. The van der Waals surface area contributed by atoms with Crippen molar-refractivity contribution in [2.24, 2.45) is 0 Å². The lowest BCUT2D eigenvalue weighted by atomic mass is 9.70. The molecule has 4 nitrogen and oxygen atoms in total. The van der Waals surface area contributed by atoms with Gasteiger partial charge in [0.2, 0.25) is 0 Å². The van der Waals surface area contributed by atoms with Crippen molar-refractivity contribution in [1.29, 1.82) is 0 Å². The van der Waals surface area contributed by atoms with Gasteiger partial charge in [-0.3, -0.25) is 0 Å². The largest absolute Gasteiger partial charge is 0.355 e. The van der Waals surface area contributed by atoms with Gasteiger partial charge in [-0.15, -0.1) is 0 Å². The Balaban J connectivity index is 1.30. The third-order valence-corrected chi connectivity index (χ3v) is 13.1. The van der Waals surface area contributed by atoms with Gasteiger partial charge >= 0.3 is 0 Å². The van der Waals surface area contributed by atoms with E-state index in [1.807, 2.05) is 0 Å². The van der Waals surface area contributed by atoms with Gasteiger partial charge in [-0.25, -0.2) is 0 Å². The van der Waals surface area contributed by atoms with E-state index in [2.05, 4.69) is 149 Å². The number of rotatable bonds is 25. The molecule has 1 heterocycles. The normalized spacial score (nSPS) is 17.9. The number of benzene rings is 4. The lowest BCUT2D eigenvalue weighted by Gasteiger charge is -2.37. The minimum atomic E-state index is -0.303. The van der Waals surface area contributed by atoms with Gasteiger partial charge in [-0.05, 0) is 102 Å². The van der Waals surface area contributed by atoms with Crippen molar-refractivity contribution in [2.75, 3.05) is 13.2 Å². The number of hydrogen-bond donors (Lipinski definition) is 2. The van der Waals surface area contributed by atoms with Crippen molar-refractivity contribution in [3.63, 3.8) is 0 Å². The van der Waals surface area contributed by atoms with E-state index < -0.39 is 0 Å². The molecule has 0 bridgehead atoms. The maximum absolute atomic E-state index is 6.64. The molecule has 6 rings (SSSR count). The van der Waals surface area contributed by atoms with Gasteiger partial charge in [-0.2, -0.15) is 0 Å². The summed E-state index contributed by atoms with van der Waals surface area (Å²) in [5, 5.41) is 7.59. The van der Waals surface area contributed by atoms with E-state index in [-0.39, 0.29) is 17.9 Å². The Morgan fingerprint density at radius 1 is 0.459 bits per heavy atom. The van der Waals surface area contributed by atoms with E-state index in [9.17, 15) is 0 Å². The molecule has 0 spiro atoms. The molecule has 1 saturated heterocycles. The van der Waals surface area contributed by atoms with E-state index in [1.165, 1.54) is 136 Å². The van der Waals surface area contributed by atoms with Crippen LogP contribution in [-0.4, -0.2) is 25.7 Å². The second kappa shape index (κ2) is 23.9. The van der Waals surface area contributed by atoms with Crippen LogP contribution >= 0.6 is 0 Å². The second-order valence-electron chi connectivity index (χ2n) is 18.2. The minimum Gasteiger partial charge on any atom is -0.355 e. The van der Waals surface area contributed by atoms with Gasteiger partial charge in [-0.1, -0.05) is 208 Å². The van der Waals surface area contributed by atoms with Gasteiger partial charge < -0.3 is 20.1 Å². The van der Waals surface area contributed by atoms with E-state index in [1.54, 1.807) is 11.1 Å². The zero-order chi connectivity index (χ0) is 42.9. The molecule has 4 heteroatoms. The van der Waals surface area contributed by atoms with E-state index >= 15 is 0 Å². The highest BCUT2D eigenvalue weighted by atomic mass is 16.5. The lowest BCUT2D eigenvalue weighted by molar-refractivity contribution is -0.00259. The molecule has 1 aliphatic heterocycles. The molecule has 0 aromatic heterocycles. The molecule has 0 saturated carbocycles. The fourth-order valence-corrected chi connectivity index (χ4v) is 9.52. The molecule has 61 heavy (non-hydrogen) atoms. The van der Waals surface area contributed by atoms with Gasteiger partial charge in [0, 0.05) is 18.6 Å². The summed E-state index contributed by atoms with van der Waals surface area (Å²) in [6.07, 6.45) is 26.0. The Morgan fingerprint density at radius 3 is 1.39 bits per heavy atom. The van der Waals surface area contributed by atoms with Crippen molar-refractivity contribution in [1.82, 2.24) is 10.6 Å². The standard InChI is InChI=1S/C57H78N2O2/c1-7-11-15-19-35-57(36-20-16-12-8-2)51-39-44(6)25-33-49(51)50-34-32-48(42-52(50)57)47-30-28-46(29-31-47)41-54-56(61-38-22-18-14-10-4)58-53(40-45-26-23-43(5)24-27-45)55(59-54)60-37-21-17-13-9-3/h23-34,39-42,55-56,58-59H,7-22,35-38H2,1-6H3/b53-40-,54-41-. The smallest absolute Gasteiger partial charge is 0.168 e. The van der Waals surface area contributed by atoms with Crippen molar-refractivity contribution < 1.29 is 9.47 Å². The number of piperazine rings is 1. The molecule has 2 atom stereocenters. The number of ether oxygens (including phenoxy) is 2. The van der Waals surface area contributed by atoms with Crippen LogP contribution in [-0.2, 0) is 14.9 Å². The van der Waals surface area contributed by atoms with Crippen molar-refractivity contribution in [3.8, 4) is 22.3 Å². The maximum Gasteiger partial charge on any atom is 0.168 e. The number of nitrogens with one attached hydrogen (secondary N) is 2. The summed E-state index contributed by atoms with van der Waals surface area (Å²) >= 11 is 0. The third-order valence-electron chi connectivity index (χ3n) is 13.1. The van der Waals surface area contributed by atoms with Crippen LogP contribution in [0.25, 0.3) is 34.4 Å². The van der Waals surface area contributed by atoms with Crippen LogP contribution in [0.4, 0.5) is 0 Å². The first-order valence-corrected chi connectivity index (χ1v) is 24.5. The van der Waals surface area contributed by atoms with E-state index in [4.69, 9.17) is 9.47 Å². The fraction of sp³-hybridized carbons (Fsp3) is 0.509. The number of aryl methyl sites for hydroxylation is 2. The first-order valence-electron chi connectivity index (χ1n) is 24.5. The van der Waals surface area contributed by atoms with Crippen LogP contribution in [0.2, 0.25) is 0 Å². The van der Waals surface area contributed by atoms with Crippen LogP contribution in [0, 0.1) is 13.8 Å². The highest BCUT2D eigenvalue weighted by Gasteiger charge is 2.42. The van der Waals surface area contributed by atoms with Crippen LogP contribution < -0.4 is 10.6 Å². The SMILES string of the molecule is CCCCCCOC1N/C(=C\c2ccc(-c3ccc4c(c3)C(CCCCCC)(CCCCCC)c3cc(C)ccc3-4)cc2)C(OCCCCCC)N/C1=C\c1ccc(C)cc1. The Bertz CT molecular complexity index is 1980. The topological polar surface area (TPSA) is 42.5 Å². The van der Waals surface area contributed by atoms with Crippen LogP contribution in [0.15, 0.2) is 96.3 Å².